The molecule has 2 rings (SSSR count). The SMILES string of the molecule is O=Cc1ccc2c(Br)c(Br)ccc2c1Br. The number of halogens is 3. The summed E-state index contributed by atoms with van der Waals surface area (Å²) in [5, 5.41) is 2.09. The highest BCUT2D eigenvalue weighted by atomic mass is 79.9. The van der Waals surface area contributed by atoms with E-state index in [2.05, 4.69) is 47.8 Å². The monoisotopic (exact) mass is 390 g/mol. The van der Waals surface area contributed by atoms with E-state index in [-0.39, 0.29) is 0 Å². The minimum absolute atomic E-state index is 0.664. The first-order valence-electron chi connectivity index (χ1n) is 4.16. The summed E-state index contributed by atoms with van der Waals surface area (Å²) < 4.78 is 2.84. The molecule has 4 heteroatoms. The summed E-state index contributed by atoms with van der Waals surface area (Å²) in [5.41, 5.74) is 0.664. The number of fused-ring (bicyclic) bond motifs is 1. The van der Waals surface area contributed by atoms with E-state index in [0.29, 0.717) is 5.56 Å². The van der Waals surface area contributed by atoms with Crippen LogP contribution < -0.4 is 0 Å². The van der Waals surface area contributed by atoms with Gasteiger partial charge >= 0.3 is 0 Å². The van der Waals surface area contributed by atoms with Crippen molar-refractivity contribution in [3.63, 3.8) is 0 Å². The van der Waals surface area contributed by atoms with Gasteiger partial charge in [0.1, 0.15) is 0 Å². The second kappa shape index (κ2) is 4.36. The lowest BCUT2D eigenvalue weighted by Gasteiger charge is -2.06. The summed E-state index contributed by atoms with van der Waals surface area (Å²) >= 11 is 10.4. The molecule has 0 radical (unpaired) electrons. The molecule has 0 aromatic heterocycles. The number of carbonyl (C=O) groups excluding carboxylic acids is 1. The van der Waals surface area contributed by atoms with E-state index in [1.165, 1.54) is 0 Å². The van der Waals surface area contributed by atoms with Crippen molar-refractivity contribution < 1.29 is 4.79 Å². The molecular weight excluding hydrogens is 388 g/mol. The van der Waals surface area contributed by atoms with Crippen molar-refractivity contribution in [1.29, 1.82) is 0 Å². The van der Waals surface area contributed by atoms with Gasteiger partial charge in [-0.3, -0.25) is 4.79 Å². The molecule has 1 nitrogen and oxygen atoms in total. The van der Waals surface area contributed by atoms with Crippen molar-refractivity contribution in [3.05, 3.63) is 43.2 Å². The second-order valence-electron chi connectivity index (χ2n) is 3.04. The molecule has 0 saturated heterocycles. The quantitative estimate of drug-likeness (QED) is 0.628. The summed E-state index contributed by atoms with van der Waals surface area (Å²) in [6.07, 6.45) is 0.847. The van der Waals surface area contributed by atoms with Gasteiger partial charge in [0, 0.05) is 19.0 Å². The van der Waals surface area contributed by atoms with Crippen molar-refractivity contribution in [2.75, 3.05) is 0 Å². The van der Waals surface area contributed by atoms with Gasteiger partial charge in [0.25, 0.3) is 0 Å². The zero-order valence-electron chi connectivity index (χ0n) is 7.43. The van der Waals surface area contributed by atoms with E-state index < -0.39 is 0 Å². The zero-order chi connectivity index (χ0) is 11.0. The molecule has 76 valence electrons. The maximum Gasteiger partial charge on any atom is 0.151 e. The highest BCUT2D eigenvalue weighted by Crippen LogP contribution is 2.35. The molecule has 15 heavy (non-hydrogen) atoms. The van der Waals surface area contributed by atoms with Crippen LogP contribution in [-0.4, -0.2) is 6.29 Å². The fourth-order valence-electron chi connectivity index (χ4n) is 1.41. The third kappa shape index (κ3) is 1.90. The third-order valence-electron chi connectivity index (χ3n) is 2.18. The Bertz CT molecular complexity index is 549. The normalized spacial score (nSPS) is 10.6. The van der Waals surface area contributed by atoms with Crippen LogP contribution in [0.15, 0.2) is 37.7 Å². The summed E-state index contributed by atoms with van der Waals surface area (Å²) in [5.74, 6) is 0. The smallest absolute Gasteiger partial charge is 0.151 e. The maximum absolute atomic E-state index is 10.8. The molecule has 0 amide bonds. The predicted molar refractivity (Wildman–Crippen MR) is 72.4 cm³/mol. The van der Waals surface area contributed by atoms with E-state index in [4.69, 9.17) is 0 Å². The molecule has 0 aliphatic carbocycles. The minimum Gasteiger partial charge on any atom is -0.298 e. The number of carbonyl (C=O) groups is 1. The molecule has 0 aliphatic heterocycles. The van der Waals surface area contributed by atoms with Crippen molar-refractivity contribution in [2.24, 2.45) is 0 Å². The Morgan fingerprint density at radius 3 is 2.13 bits per heavy atom. The molecule has 0 N–H and O–H groups in total. The molecule has 0 fully saturated rings. The van der Waals surface area contributed by atoms with E-state index in [1.54, 1.807) is 6.07 Å². The first-order chi connectivity index (χ1) is 7.15. The van der Waals surface area contributed by atoms with Crippen LogP contribution in [0.2, 0.25) is 0 Å². The lowest BCUT2D eigenvalue weighted by Crippen LogP contribution is -1.85. The van der Waals surface area contributed by atoms with Crippen LogP contribution in [0.1, 0.15) is 10.4 Å². The zero-order valence-corrected chi connectivity index (χ0v) is 12.2. The van der Waals surface area contributed by atoms with E-state index in [1.807, 2.05) is 18.2 Å². The van der Waals surface area contributed by atoms with Gasteiger partial charge in [-0.05, 0) is 70.7 Å². The molecule has 0 unspecified atom stereocenters. The molecule has 2 aromatic carbocycles. The van der Waals surface area contributed by atoms with Gasteiger partial charge in [0.2, 0.25) is 0 Å². The molecule has 0 bridgehead atoms. The molecule has 0 saturated carbocycles. The minimum atomic E-state index is 0.664. The van der Waals surface area contributed by atoms with Crippen LogP contribution in [0, 0.1) is 0 Å². The highest BCUT2D eigenvalue weighted by Gasteiger charge is 2.08. The average Bonchev–Trinajstić information content (AvgIpc) is 2.24. The van der Waals surface area contributed by atoms with Gasteiger partial charge < -0.3 is 0 Å². The van der Waals surface area contributed by atoms with Crippen molar-refractivity contribution in [2.45, 2.75) is 0 Å². The molecule has 0 atom stereocenters. The van der Waals surface area contributed by atoms with Crippen LogP contribution in [0.4, 0.5) is 0 Å². The summed E-state index contributed by atoms with van der Waals surface area (Å²) in [7, 11) is 0. The largest absolute Gasteiger partial charge is 0.298 e. The number of benzene rings is 2. The summed E-state index contributed by atoms with van der Waals surface area (Å²) in [4.78, 5) is 10.8. The van der Waals surface area contributed by atoms with Crippen LogP contribution in [0.5, 0.6) is 0 Å². The van der Waals surface area contributed by atoms with Gasteiger partial charge in [-0.15, -0.1) is 0 Å². The van der Waals surface area contributed by atoms with Crippen molar-refractivity contribution in [3.8, 4) is 0 Å². The van der Waals surface area contributed by atoms with Gasteiger partial charge in [-0.25, -0.2) is 0 Å². The molecule has 0 aliphatic rings. The third-order valence-corrected chi connectivity index (χ3v) is 5.11. The van der Waals surface area contributed by atoms with Gasteiger partial charge in [-0.2, -0.15) is 0 Å². The van der Waals surface area contributed by atoms with Crippen LogP contribution >= 0.6 is 47.8 Å². The van der Waals surface area contributed by atoms with Crippen LogP contribution in [-0.2, 0) is 0 Å². The van der Waals surface area contributed by atoms with Crippen molar-refractivity contribution in [1.82, 2.24) is 0 Å². The first kappa shape index (κ1) is 11.3. The molecular formula is C11H5Br3O. The summed E-state index contributed by atoms with van der Waals surface area (Å²) in [6.45, 7) is 0. The van der Waals surface area contributed by atoms with Gasteiger partial charge in [-0.1, -0.05) is 12.1 Å². The Morgan fingerprint density at radius 2 is 1.47 bits per heavy atom. The number of hydrogen-bond donors (Lipinski definition) is 0. The topological polar surface area (TPSA) is 17.1 Å². The standard InChI is InChI=1S/C11H5Br3O/c12-9-4-3-7-8(11(9)14)2-1-6(5-15)10(7)13/h1-5H. The maximum atomic E-state index is 10.8. The fourth-order valence-corrected chi connectivity index (χ4v) is 2.81. The lowest BCUT2D eigenvalue weighted by molar-refractivity contribution is 0.112. The predicted octanol–water partition coefficient (Wildman–Crippen LogP) is 4.94. The number of hydrogen-bond acceptors (Lipinski definition) is 1. The van der Waals surface area contributed by atoms with Crippen molar-refractivity contribution >= 4 is 64.8 Å². The average molecular weight is 393 g/mol. The number of aldehydes is 1. The lowest BCUT2D eigenvalue weighted by atomic mass is 10.1. The van der Waals surface area contributed by atoms with Crippen LogP contribution in [0.3, 0.4) is 0 Å². The highest BCUT2D eigenvalue weighted by molar-refractivity contribution is 9.13. The molecule has 0 spiro atoms. The first-order valence-corrected chi connectivity index (χ1v) is 6.54. The molecule has 0 heterocycles. The Labute approximate surface area is 112 Å². The fraction of sp³-hybridized carbons (Fsp3) is 0. The Hall–Kier alpha value is -0.190. The Balaban J connectivity index is 2.91. The van der Waals surface area contributed by atoms with Gasteiger partial charge in [0.05, 0.1) is 0 Å². The Kier molecular flexibility index (Phi) is 3.28. The van der Waals surface area contributed by atoms with Crippen LogP contribution in [0.25, 0.3) is 10.8 Å². The van der Waals surface area contributed by atoms with E-state index >= 15 is 0 Å². The number of rotatable bonds is 1. The summed E-state index contributed by atoms with van der Waals surface area (Å²) in [6, 6.07) is 7.66. The second-order valence-corrected chi connectivity index (χ2v) is 5.48. The Morgan fingerprint density at radius 1 is 0.867 bits per heavy atom. The van der Waals surface area contributed by atoms with E-state index in [9.17, 15) is 4.79 Å². The van der Waals surface area contributed by atoms with E-state index in [0.717, 1.165) is 30.5 Å². The molecule has 2 aromatic rings. The van der Waals surface area contributed by atoms with Gasteiger partial charge in [0.15, 0.2) is 6.29 Å².